The molecule has 2 heterocycles. The number of rotatable bonds is 8. The average molecular weight is 530 g/mol. The number of fused-ring (bicyclic) bond motifs is 1. The second-order valence-electron chi connectivity index (χ2n) is 8.50. The zero-order chi connectivity index (χ0) is 27.0. The Morgan fingerprint density at radius 1 is 1.06 bits per heavy atom. The van der Waals surface area contributed by atoms with Gasteiger partial charge in [0, 0.05) is 25.1 Å². The number of nitrogens with zero attached hydrogens (tertiary/aromatic N) is 5. The predicted molar refractivity (Wildman–Crippen MR) is 138 cm³/mol. The molecule has 12 heteroatoms. The first-order valence-corrected chi connectivity index (χ1v) is 14.3. The normalized spacial score (nSPS) is 14.2. The number of nitrogens with one attached hydrogen (secondary N) is 1. The van der Waals surface area contributed by atoms with Gasteiger partial charge in [-0.2, -0.15) is 17.9 Å². The maximum atomic E-state index is 13.2. The van der Waals surface area contributed by atoms with Crippen molar-refractivity contribution in [3.8, 4) is 6.01 Å². The Morgan fingerprint density at radius 3 is 2.31 bits per heavy atom. The van der Waals surface area contributed by atoms with Gasteiger partial charge in [0.05, 0.1) is 27.4 Å². The van der Waals surface area contributed by atoms with Crippen molar-refractivity contribution in [2.75, 3.05) is 18.7 Å². The molecule has 0 aliphatic heterocycles. The van der Waals surface area contributed by atoms with Gasteiger partial charge in [-0.1, -0.05) is 43.7 Å². The fourth-order valence-corrected chi connectivity index (χ4v) is 6.66. The van der Waals surface area contributed by atoms with Crippen LogP contribution in [0.5, 0.6) is 6.01 Å². The number of aryl methyl sites for hydroxylation is 1. The Balaban J connectivity index is 1.58. The standard InChI is InChI=1S/C24H28N6O4S2/c1-16(2)21-14-22(30-23(26-21)27-24(28-30)34-4)25-15-18-8-12-19(13-9-18)35(5,31)29-36(32,33)20-10-6-17(3)7-11-20/h6-14,16,25H,15H2,1-5H3/t35-/m0/s1/i16D. The van der Waals surface area contributed by atoms with Gasteiger partial charge in [0.15, 0.2) is 0 Å². The minimum absolute atomic E-state index is 0.00266. The minimum atomic E-state index is -4.09. The highest BCUT2D eigenvalue weighted by atomic mass is 32.3. The molecule has 4 rings (SSSR count). The van der Waals surface area contributed by atoms with E-state index in [1.54, 1.807) is 56.3 Å². The minimum Gasteiger partial charge on any atom is -0.466 e. The van der Waals surface area contributed by atoms with Gasteiger partial charge >= 0.3 is 6.01 Å². The molecule has 0 spiro atoms. The van der Waals surface area contributed by atoms with Crippen LogP contribution in [0, 0.1) is 6.92 Å². The first kappa shape index (κ1) is 24.2. The summed E-state index contributed by atoms with van der Waals surface area (Å²) in [5.41, 5.74) is 2.26. The molecule has 2 aromatic carbocycles. The molecule has 0 saturated carbocycles. The first-order chi connectivity index (χ1) is 17.3. The van der Waals surface area contributed by atoms with E-state index in [9.17, 15) is 12.6 Å². The molecular formula is C24H28N6O4S2. The highest BCUT2D eigenvalue weighted by molar-refractivity contribution is 8.03. The van der Waals surface area contributed by atoms with Crippen molar-refractivity contribution in [1.29, 1.82) is 0 Å². The molecule has 0 fully saturated rings. The van der Waals surface area contributed by atoms with Crippen LogP contribution >= 0.6 is 0 Å². The third kappa shape index (κ3) is 5.49. The molecule has 36 heavy (non-hydrogen) atoms. The monoisotopic (exact) mass is 529 g/mol. The van der Waals surface area contributed by atoms with Crippen LogP contribution < -0.4 is 10.1 Å². The van der Waals surface area contributed by atoms with Gasteiger partial charge in [-0.05, 0) is 42.6 Å². The lowest BCUT2D eigenvalue weighted by molar-refractivity contribution is 0.380. The van der Waals surface area contributed by atoms with Crippen LogP contribution in [-0.2, 0) is 26.3 Å². The number of ether oxygens (including phenoxy) is 1. The van der Waals surface area contributed by atoms with E-state index >= 15 is 0 Å². The molecule has 1 N–H and O–H groups in total. The molecule has 2 aromatic heterocycles. The zero-order valence-corrected chi connectivity index (χ0v) is 22.2. The third-order valence-electron chi connectivity index (χ3n) is 5.38. The predicted octanol–water partition coefficient (Wildman–Crippen LogP) is 4.02. The summed E-state index contributed by atoms with van der Waals surface area (Å²) in [7, 11) is -5.84. The second kappa shape index (κ2) is 9.86. The van der Waals surface area contributed by atoms with E-state index < -0.39 is 25.6 Å². The fraction of sp³-hybridized carbons (Fsp3) is 0.292. The summed E-state index contributed by atoms with van der Waals surface area (Å²) in [6, 6.07) is 14.8. The van der Waals surface area contributed by atoms with Crippen LogP contribution in [0.25, 0.3) is 5.78 Å². The number of methoxy groups -OCH3 is 1. The van der Waals surface area contributed by atoms with Crippen LogP contribution in [0.2, 0.25) is 0 Å². The lowest BCUT2D eigenvalue weighted by Crippen LogP contribution is -2.09. The molecule has 190 valence electrons. The molecule has 0 unspecified atom stereocenters. The van der Waals surface area contributed by atoms with Gasteiger partial charge < -0.3 is 10.1 Å². The zero-order valence-electron chi connectivity index (χ0n) is 21.6. The highest BCUT2D eigenvalue weighted by Crippen LogP contribution is 2.22. The number of sulfonamides is 1. The fourth-order valence-electron chi connectivity index (χ4n) is 3.35. The van der Waals surface area contributed by atoms with E-state index in [0.717, 1.165) is 11.1 Å². The van der Waals surface area contributed by atoms with Crippen molar-refractivity contribution < 1.29 is 18.7 Å². The van der Waals surface area contributed by atoms with E-state index in [1.165, 1.54) is 30.0 Å². The van der Waals surface area contributed by atoms with Crippen molar-refractivity contribution in [1.82, 2.24) is 19.6 Å². The highest BCUT2D eigenvalue weighted by Gasteiger charge is 2.18. The van der Waals surface area contributed by atoms with Gasteiger partial charge in [-0.3, -0.25) is 0 Å². The van der Waals surface area contributed by atoms with Crippen LogP contribution in [0.15, 0.2) is 68.2 Å². The van der Waals surface area contributed by atoms with Gasteiger partial charge in [0.2, 0.25) is 0 Å². The topological polar surface area (TPSA) is 128 Å². The molecule has 0 radical (unpaired) electrons. The van der Waals surface area contributed by atoms with Crippen LogP contribution in [-0.4, -0.2) is 45.6 Å². The largest absolute Gasteiger partial charge is 0.466 e. The molecule has 0 amide bonds. The summed E-state index contributed by atoms with van der Waals surface area (Å²) in [4.78, 5) is 8.93. The quantitative estimate of drug-likeness (QED) is 0.362. The number of aromatic nitrogens is 4. The van der Waals surface area contributed by atoms with E-state index in [0.29, 0.717) is 28.7 Å². The smallest absolute Gasteiger partial charge is 0.337 e. The first-order valence-electron chi connectivity index (χ1n) is 11.5. The number of benzene rings is 2. The third-order valence-corrected chi connectivity index (χ3v) is 9.32. The molecule has 0 saturated heterocycles. The van der Waals surface area contributed by atoms with Crippen molar-refractivity contribution in [3.05, 3.63) is 71.4 Å². The van der Waals surface area contributed by atoms with E-state index in [1.807, 2.05) is 6.92 Å². The van der Waals surface area contributed by atoms with E-state index in [4.69, 9.17) is 6.11 Å². The van der Waals surface area contributed by atoms with Gasteiger partial charge in [0.1, 0.15) is 5.82 Å². The maximum Gasteiger partial charge on any atom is 0.337 e. The van der Waals surface area contributed by atoms with Gasteiger partial charge in [-0.15, -0.1) is 8.87 Å². The summed E-state index contributed by atoms with van der Waals surface area (Å²) in [6.45, 7) is 5.67. The molecule has 0 aliphatic carbocycles. The SMILES string of the molecule is [2H]C(C)(C)c1cc(NCc2ccc([S@](C)(=O)=NS(=O)(=O)c3ccc(C)cc3)cc2)n2nc(OC)nc2n1. The van der Waals surface area contributed by atoms with Crippen LogP contribution in [0.1, 0.15) is 37.9 Å². The maximum absolute atomic E-state index is 13.2. The van der Waals surface area contributed by atoms with Crippen LogP contribution in [0.4, 0.5) is 5.82 Å². The van der Waals surface area contributed by atoms with Crippen molar-refractivity contribution in [2.24, 2.45) is 3.77 Å². The lowest BCUT2D eigenvalue weighted by atomic mass is 10.1. The van der Waals surface area contributed by atoms with Crippen molar-refractivity contribution >= 4 is 31.3 Å². The summed E-state index contributed by atoms with van der Waals surface area (Å²) < 4.78 is 57.3. The molecule has 0 aliphatic rings. The Labute approximate surface area is 212 Å². The van der Waals surface area contributed by atoms with Gasteiger partial charge in [-0.25, -0.2) is 9.19 Å². The Hall–Kier alpha value is -3.51. The van der Waals surface area contributed by atoms with Crippen molar-refractivity contribution in [2.45, 2.75) is 43.0 Å². The summed E-state index contributed by atoms with van der Waals surface area (Å²) in [5.74, 6) is -0.0867. The number of hydrogen-bond donors (Lipinski definition) is 1. The Bertz CT molecular complexity index is 1670. The van der Waals surface area contributed by atoms with E-state index in [-0.39, 0.29) is 10.9 Å². The number of hydrogen-bond acceptors (Lipinski definition) is 8. The summed E-state index contributed by atoms with van der Waals surface area (Å²) in [6.07, 6.45) is 1.31. The summed E-state index contributed by atoms with van der Waals surface area (Å²) >= 11 is 0. The molecular weight excluding hydrogens is 500 g/mol. The Kier molecular flexibility index (Phi) is 6.63. The Morgan fingerprint density at radius 2 is 1.69 bits per heavy atom. The number of anilines is 1. The molecule has 10 nitrogen and oxygen atoms in total. The van der Waals surface area contributed by atoms with E-state index in [2.05, 4.69) is 24.2 Å². The second-order valence-corrected chi connectivity index (χ2v) is 12.6. The molecule has 1 atom stereocenters. The van der Waals surface area contributed by atoms with Crippen LogP contribution in [0.3, 0.4) is 0 Å². The lowest BCUT2D eigenvalue weighted by Gasteiger charge is -2.12. The molecule has 4 aromatic rings. The molecule has 0 bridgehead atoms. The van der Waals surface area contributed by atoms with Gasteiger partial charge in [0.25, 0.3) is 15.8 Å². The van der Waals surface area contributed by atoms with Crippen molar-refractivity contribution in [3.63, 3.8) is 0 Å². The summed E-state index contributed by atoms with van der Waals surface area (Å²) in [5, 5.41) is 7.53. The average Bonchev–Trinajstić information content (AvgIpc) is 3.25.